The highest BCUT2D eigenvalue weighted by Gasteiger charge is 2.44. The van der Waals surface area contributed by atoms with Crippen LogP contribution in [0.25, 0.3) is 0 Å². The van der Waals surface area contributed by atoms with Crippen LogP contribution in [0.15, 0.2) is 18.2 Å². The first-order valence-corrected chi connectivity index (χ1v) is 10.3. The van der Waals surface area contributed by atoms with E-state index in [1.807, 2.05) is 6.07 Å². The zero-order valence-electron chi connectivity index (χ0n) is 16.1. The molecule has 4 aliphatic heterocycles. The van der Waals surface area contributed by atoms with Gasteiger partial charge in [-0.2, -0.15) is 0 Å². The number of carbonyl (C=O) groups excluding carboxylic acids is 4. The van der Waals surface area contributed by atoms with Crippen LogP contribution >= 0.6 is 0 Å². The lowest BCUT2D eigenvalue weighted by molar-refractivity contribution is -0.136. The molecule has 3 atom stereocenters. The van der Waals surface area contributed by atoms with Gasteiger partial charge in [-0.05, 0) is 49.9 Å². The van der Waals surface area contributed by atoms with Crippen molar-refractivity contribution < 1.29 is 19.2 Å². The maximum atomic E-state index is 13.0. The molecule has 2 bridgehead atoms. The summed E-state index contributed by atoms with van der Waals surface area (Å²) in [6.07, 6.45) is 3.89. The average molecular weight is 396 g/mol. The number of piperidine rings is 1. The van der Waals surface area contributed by atoms with Gasteiger partial charge >= 0.3 is 0 Å². The van der Waals surface area contributed by atoms with E-state index in [1.165, 1.54) is 12.8 Å². The molecule has 0 aromatic heterocycles. The van der Waals surface area contributed by atoms with Crippen LogP contribution in [0.2, 0.25) is 0 Å². The predicted octanol–water partition coefficient (Wildman–Crippen LogP) is 0.666. The molecule has 0 radical (unpaired) electrons. The largest absolute Gasteiger partial charge is 0.370 e. The van der Waals surface area contributed by atoms with E-state index in [9.17, 15) is 19.2 Å². The van der Waals surface area contributed by atoms with E-state index in [0.29, 0.717) is 23.1 Å². The van der Waals surface area contributed by atoms with E-state index in [-0.39, 0.29) is 18.7 Å². The molecular weight excluding hydrogens is 372 g/mol. The molecule has 8 nitrogen and oxygen atoms in total. The first-order chi connectivity index (χ1) is 14.0. The van der Waals surface area contributed by atoms with Crippen LogP contribution in [0.4, 0.5) is 5.69 Å². The van der Waals surface area contributed by atoms with Crippen molar-refractivity contribution in [3.63, 3.8) is 0 Å². The minimum atomic E-state index is -0.926. The molecule has 3 saturated heterocycles. The van der Waals surface area contributed by atoms with E-state index >= 15 is 0 Å². The lowest BCUT2D eigenvalue weighted by atomic mass is 9.99. The van der Waals surface area contributed by atoms with Crippen molar-refractivity contribution in [3.8, 4) is 0 Å². The Morgan fingerprint density at radius 3 is 2.59 bits per heavy atom. The van der Waals surface area contributed by atoms with Gasteiger partial charge in [-0.1, -0.05) is 6.42 Å². The summed E-state index contributed by atoms with van der Waals surface area (Å²) >= 11 is 0. The highest BCUT2D eigenvalue weighted by molar-refractivity contribution is 6.23. The first-order valence-electron chi connectivity index (χ1n) is 10.3. The zero-order chi connectivity index (χ0) is 20.1. The Bertz CT molecular complexity index is 900. The molecule has 5 rings (SSSR count). The summed E-state index contributed by atoms with van der Waals surface area (Å²) in [5.41, 5.74) is 1.62. The number of hydrogen-bond donors (Lipinski definition) is 2. The van der Waals surface area contributed by atoms with Crippen molar-refractivity contribution in [1.82, 2.24) is 15.5 Å². The number of hydrogen-bond acceptors (Lipinski definition) is 6. The van der Waals surface area contributed by atoms with Gasteiger partial charge in [0.2, 0.25) is 11.8 Å². The van der Waals surface area contributed by atoms with Gasteiger partial charge in [-0.15, -0.1) is 0 Å². The fourth-order valence-electron chi connectivity index (χ4n) is 5.02. The van der Waals surface area contributed by atoms with Gasteiger partial charge in [-0.3, -0.25) is 29.4 Å². The molecule has 4 heterocycles. The quantitative estimate of drug-likeness (QED) is 0.713. The maximum absolute atomic E-state index is 13.0. The summed E-state index contributed by atoms with van der Waals surface area (Å²) in [6.45, 7) is 2.84. The molecule has 0 aliphatic carbocycles. The lowest BCUT2D eigenvalue weighted by Gasteiger charge is -2.30. The van der Waals surface area contributed by atoms with Crippen LogP contribution < -0.4 is 15.5 Å². The lowest BCUT2D eigenvalue weighted by Crippen LogP contribution is -2.54. The second-order valence-electron chi connectivity index (χ2n) is 8.48. The summed E-state index contributed by atoms with van der Waals surface area (Å²) in [5.74, 6) is -1.28. The molecule has 0 spiro atoms. The Kier molecular flexibility index (Phi) is 4.38. The Morgan fingerprint density at radius 1 is 0.931 bits per heavy atom. The van der Waals surface area contributed by atoms with Crippen LogP contribution in [0.1, 0.15) is 52.8 Å². The van der Waals surface area contributed by atoms with Gasteiger partial charge in [0.05, 0.1) is 11.1 Å². The normalized spacial score (nSPS) is 29.6. The molecule has 8 heteroatoms. The molecule has 4 aliphatic rings. The SMILES string of the molecule is O=C1CCC(N2C(=O)c3ccc(N4CC5CCCC(C4)NC5)cc3C2=O)C(=O)N1. The third kappa shape index (κ3) is 3.11. The molecule has 1 aromatic rings. The highest BCUT2D eigenvalue weighted by atomic mass is 16.2. The number of nitrogens with zero attached hydrogens (tertiary/aromatic N) is 2. The van der Waals surface area contributed by atoms with Crippen molar-refractivity contribution in [2.75, 3.05) is 24.5 Å². The molecule has 1 aromatic carbocycles. The number of benzene rings is 1. The van der Waals surface area contributed by atoms with Crippen molar-refractivity contribution in [2.24, 2.45) is 5.92 Å². The van der Waals surface area contributed by atoms with Crippen LogP contribution in [-0.2, 0) is 9.59 Å². The van der Waals surface area contributed by atoms with Gasteiger partial charge in [0.1, 0.15) is 6.04 Å². The van der Waals surface area contributed by atoms with Gasteiger partial charge in [-0.25, -0.2) is 0 Å². The third-order valence-corrected chi connectivity index (χ3v) is 6.57. The third-order valence-electron chi connectivity index (χ3n) is 6.57. The van der Waals surface area contributed by atoms with E-state index in [1.54, 1.807) is 12.1 Å². The van der Waals surface area contributed by atoms with Crippen molar-refractivity contribution in [2.45, 2.75) is 44.2 Å². The minimum Gasteiger partial charge on any atom is -0.370 e. The Morgan fingerprint density at radius 2 is 1.76 bits per heavy atom. The molecule has 3 fully saturated rings. The standard InChI is InChI=1S/C21H24N4O4/c26-18-7-6-17(19(27)23-18)25-20(28)15-5-4-14(8-16(15)21(25)29)24-10-12-2-1-3-13(11-24)22-9-12/h4-5,8,12-13,17,22H,1-3,6-7,9-11H2,(H,23,26,27). The fourth-order valence-corrected chi connectivity index (χ4v) is 5.02. The number of nitrogens with one attached hydrogen (secondary N) is 2. The first kappa shape index (κ1) is 18.3. The van der Waals surface area contributed by atoms with Gasteiger partial charge in [0.25, 0.3) is 11.8 Å². The van der Waals surface area contributed by atoms with E-state index in [0.717, 1.165) is 36.6 Å². The summed E-state index contributed by atoms with van der Waals surface area (Å²) in [6, 6.07) is 4.91. The monoisotopic (exact) mass is 396 g/mol. The Labute approximate surface area is 168 Å². The molecule has 152 valence electrons. The zero-order valence-corrected chi connectivity index (χ0v) is 16.1. The van der Waals surface area contributed by atoms with Crippen LogP contribution in [0.5, 0.6) is 0 Å². The second-order valence-corrected chi connectivity index (χ2v) is 8.48. The van der Waals surface area contributed by atoms with Crippen molar-refractivity contribution >= 4 is 29.3 Å². The summed E-state index contributed by atoms with van der Waals surface area (Å²) < 4.78 is 0. The number of imide groups is 2. The summed E-state index contributed by atoms with van der Waals surface area (Å²) in [4.78, 5) is 52.8. The molecule has 3 unspecified atom stereocenters. The molecule has 29 heavy (non-hydrogen) atoms. The average Bonchev–Trinajstić information content (AvgIpc) is 2.90. The highest BCUT2D eigenvalue weighted by Crippen LogP contribution is 2.32. The number of rotatable bonds is 2. The van der Waals surface area contributed by atoms with Crippen LogP contribution in [0, 0.1) is 5.92 Å². The van der Waals surface area contributed by atoms with Crippen LogP contribution in [-0.4, -0.2) is 60.2 Å². The Balaban J connectivity index is 1.42. The Hall–Kier alpha value is -2.74. The summed E-state index contributed by atoms with van der Waals surface area (Å²) in [5, 5.41) is 5.85. The molecule has 2 N–H and O–H groups in total. The smallest absolute Gasteiger partial charge is 0.262 e. The van der Waals surface area contributed by atoms with Crippen molar-refractivity contribution in [1.29, 1.82) is 0 Å². The second kappa shape index (κ2) is 6.95. The topological polar surface area (TPSA) is 98.8 Å². The van der Waals surface area contributed by atoms with Gasteiger partial charge in [0.15, 0.2) is 0 Å². The fraction of sp³-hybridized carbons (Fsp3) is 0.524. The molecule has 4 amide bonds. The summed E-state index contributed by atoms with van der Waals surface area (Å²) in [7, 11) is 0. The van der Waals surface area contributed by atoms with E-state index < -0.39 is 23.8 Å². The van der Waals surface area contributed by atoms with Crippen LogP contribution in [0.3, 0.4) is 0 Å². The van der Waals surface area contributed by atoms with Crippen molar-refractivity contribution in [3.05, 3.63) is 29.3 Å². The maximum Gasteiger partial charge on any atom is 0.262 e. The van der Waals surface area contributed by atoms with Gasteiger partial charge in [0, 0.05) is 31.2 Å². The predicted molar refractivity (Wildman–Crippen MR) is 104 cm³/mol. The minimum absolute atomic E-state index is 0.124. The number of anilines is 1. The van der Waals surface area contributed by atoms with E-state index in [2.05, 4.69) is 15.5 Å². The molecular formula is C21H24N4O4. The van der Waals surface area contributed by atoms with E-state index in [4.69, 9.17) is 0 Å². The molecule has 0 saturated carbocycles. The number of carbonyl (C=O) groups is 4. The number of fused-ring (bicyclic) bond motifs is 4. The van der Waals surface area contributed by atoms with Gasteiger partial charge < -0.3 is 10.2 Å². The number of amides is 4.